The van der Waals surface area contributed by atoms with Crippen LogP contribution in [0.2, 0.25) is 0 Å². The molecule has 3 saturated heterocycles. The summed E-state index contributed by atoms with van der Waals surface area (Å²) in [6.07, 6.45) is 4.47. The zero-order chi connectivity index (χ0) is 15.2. The highest BCUT2D eigenvalue weighted by atomic mass is 16.5. The highest BCUT2D eigenvalue weighted by Gasteiger charge is 2.63. The van der Waals surface area contributed by atoms with Gasteiger partial charge in [0.25, 0.3) is 0 Å². The van der Waals surface area contributed by atoms with Gasteiger partial charge in [-0.1, -0.05) is 13.8 Å². The van der Waals surface area contributed by atoms with Crippen LogP contribution in [0.15, 0.2) is 0 Å². The molecule has 3 rings (SSSR count). The summed E-state index contributed by atoms with van der Waals surface area (Å²) in [5, 5.41) is 0. The summed E-state index contributed by atoms with van der Waals surface area (Å²) in [7, 11) is 4.28. The molecule has 120 valence electrons. The summed E-state index contributed by atoms with van der Waals surface area (Å²) >= 11 is 0. The Hall–Kier alpha value is -0.610. The van der Waals surface area contributed by atoms with E-state index in [2.05, 4.69) is 37.7 Å². The van der Waals surface area contributed by atoms with Crippen molar-refractivity contribution < 1.29 is 9.53 Å². The van der Waals surface area contributed by atoms with E-state index in [1.807, 2.05) is 0 Å². The molecular weight excluding hydrogens is 264 g/mol. The van der Waals surface area contributed by atoms with E-state index < -0.39 is 0 Å². The Kier molecular flexibility index (Phi) is 4.04. The van der Waals surface area contributed by atoms with Crippen LogP contribution in [0.3, 0.4) is 0 Å². The smallest absolute Gasteiger partial charge is 0.222 e. The third-order valence-electron chi connectivity index (χ3n) is 5.65. The van der Waals surface area contributed by atoms with Gasteiger partial charge in [0.2, 0.25) is 5.91 Å². The van der Waals surface area contributed by atoms with Gasteiger partial charge in [-0.2, -0.15) is 0 Å². The lowest BCUT2D eigenvalue weighted by molar-refractivity contribution is -0.132. The van der Waals surface area contributed by atoms with E-state index in [4.69, 9.17) is 4.74 Å². The first-order chi connectivity index (χ1) is 9.91. The molecule has 3 heterocycles. The molecule has 2 bridgehead atoms. The molecule has 3 aliphatic heterocycles. The normalized spacial score (nSPS) is 37.8. The third-order valence-corrected chi connectivity index (χ3v) is 5.65. The number of hydrogen-bond donors (Lipinski definition) is 0. The first-order valence-corrected chi connectivity index (χ1v) is 8.51. The van der Waals surface area contributed by atoms with Gasteiger partial charge < -0.3 is 14.5 Å². The van der Waals surface area contributed by atoms with E-state index in [-0.39, 0.29) is 5.60 Å². The molecule has 4 nitrogen and oxygen atoms in total. The van der Waals surface area contributed by atoms with Crippen LogP contribution in [-0.2, 0) is 9.53 Å². The largest absolute Gasteiger partial charge is 0.369 e. The molecule has 0 aromatic rings. The zero-order valence-corrected chi connectivity index (χ0v) is 14.0. The number of rotatable bonds is 5. The van der Waals surface area contributed by atoms with Crippen molar-refractivity contribution >= 4 is 5.91 Å². The molecule has 4 atom stereocenters. The minimum absolute atomic E-state index is 0.00116. The Morgan fingerprint density at radius 2 is 2.19 bits per heavy atom. The maximum absolute atomic E-state index is 12.4. The predicted octanol–water partition coefficient (Wildman–Crippen LogP) is 1.99. The van der Waals surface area contributed by atoms with Gasteiger partial charge >= 0.3 is 0 Å². The number of carbonyl (C=O) groups is 1. The van der Waals surface area contributed by atoms with Crippen molar-refractivity contribution in [2.45, 2.75) is 51.2 Å². The highest BCUT2D eigenvalue weighted by molar-refractivity contribution is 5.76. The second-order valence-electron chi connectivity index (χ2n) is 8.00. The van der Waals surface area contributed by atoms with Crippen LogP contribution in [0.5, 0.6) is 0 Å². The molecule has 21 heavy (non-hydrogen) atoms. The minimum atomic E-state index is -0.00116. The molecule has 3 fully saturated rings. The van der Waals surface area contributed by atoms with Crippen molar-refractivity contribution in [3.8, 4) is 0 Å². The standard InChI is InChI=1S/C17H30N2O2/c1-12(2)5-6-16(20)19-10-14-13(9-18(3)4)15-7-8-17(14,11-19)21-15/h12-15H,5-11H2,1-4H3/t13-,14+,15+,17+/m0/s1. The lowest BCUT2D eigenvalue weighted by Crippen LogP contribution is -2.40. The maximum Gasteiger partial charge on any atom is 0.222 e. The Morgan fingerprint density at radius 1 is 1.43 bits per heavy atom. The molecule has 0 aliphatic carbocycles. The molecular formula is C17H30N2O2. The van der Waals surface area contributed by atoms with Crippen LogP contribution in [0, 0.1) is 17.8 Å². The SMILES string of the molecule is CC(C)CCC(=O)N1C[C@@H]2[C@H](CN(C)C)[C@H]3CC[C@]2(C1)O3. The fourth-order valence-corrected chi connectivity index (χ4v) is 4.62. The van der Waals surface area contributed by atoms with Crippen LogP contribution in [-0.4, -0.2) is 61.1 Å². The van der Waals surface area contributed by atoms with E-state index in [0.29, 0.717) is 36.2 Å². The van der Waals surface area contributed by atoms with Crippen molar-refractivity contribution in [2.24, 2.45) is 17.8 Å². The van der Waals surface area contributed by atoms with Crippen molar-refractivity contribution in [3.05, 3.63) is 0 Å². The van der Waals surface area contributed by atoms with Gasteiger partial charge in [0.1, 0.15) is 0 Å². The Labute approximate surface area is 128 Å². The topological polar surface area (TPSA) is 32.8 Å². The van der Waals surface area contributed by atoms with E-state index in [1.54, 1.807) is 0 Å². The summed E-state index contributed by atoms with van der Waals surface area (Å²) < 4.78 is 6.38. The second kappa shape index (κ2) is 5.54. The summed E-state index contributed by atoms with van der Waals surface area (Å²) in [5.74, 6) is 2.10. The average molecular weight is 294 g/mol. The molecule has 1 spiro atoms. The molecule has 3 aliphatic rings. The molecule has 0 saturated carbocycles. The first kappa shape index (κ1) is 15.3. The van der Waals surface area contributed by atoms with E-state index in [1.165, 1.54) is 6.42 Å². The van der Waals surface area contributed by atoms with Gasteiger partial charge in [-0.15, -0.1) is 0 Å². The van der Waals surface area contributed by atoms with Crippen LogP contribution in [0.4, 0.5) is 0 Å². The number of nitrogens with zero attached hydrogens (tertiary/aromatic N) is 2. The van der Waals surface area contributed by atoms with Gasteiger partial charge in [-0.3, -0.25) is 4.79 Å². The van der Waals surface area contributed by atoms with Crippen LogP contribution >= 0.6 is 0 Å². The maximum atomic E-state index is 12.4. The highest BCUT2D eigenvalue weighted by Crippen LogP contribution is 2.54. The molecule has 4 heteroatoms. The Balaban J connectivity index is 1.65. The number of amides is 1. The third kappa shape index (κ3) is 2.72. The lowest BCUT2D eigenvalue weighted by Gasteiger charge is -2.30. The van der Waals surface area contributed by atoms with Gasteiger partial charge in [0.05, 0.1) is 18.2 Å². The summed E-state index contributed by atoms with van der Waals surface area (Å²) in [6, 6.07) is 0. The molecule has 0 aromatic carbocycles. The van der Waals surface area contributed by atoms with Crippen LogP contribution in [0.1, 0.15) is 39.5 Å². The summed E-state index contributed by atoms with van der Waals surface area (Å²) in [6.45, 7) is 7.22. The van der Waals surface area contributed by atoms with Gasteiger partial charge in [-0.25, -0.2) is 0 Å². The molecule has 0 N–H and O–H groups in total. The van der Waals surface area contributed by atoms with Crippen molar-refractivity contribution in [1.29, 1.82) is 0 Å². The fourth-order valence-electron chi connectivity index (χ4n) is 4.62. The quantitative estimate of drug-likeness (QED) is 0.777. The van der Waals surface area contributed by atoms with Crippen LogP contribution in [0.25, 0.3) is 0 Å². The molecule has 1 amide bonds. The molecule has 0 radical (unpaired) electrons. The zero-order valence-electron chi connectivity index (χ0n) is 14.0. The predicted molar refractivity (Wildman–Crippen MR) is 83.0 cm³/mol. The Bertz CT molecular complexity index is 410. The van der Waals surface area contributed by atoms with Crippen molar-refractivity contribution in [3.63, 3.8) is 0 Å². The molecule has 0 unspecified atom stereocenters. The first-order valence-electron chi connectivity index (χ1n) is 8.51. The number of ether oxygens (including phenoxy) is 1. The van der Waals surface area contributed by atoms with Crippen LogP contribution < -0.4 is 0 Å². The number of hydrogen-bond acceptors (Lipinski definition) is 3. The number of carbonyl (C=O) groups excluding carboxylic acids is 1. The van der Waals surface area contributed by atoms with Gasteiger partial charge in [-0.05, 0) is 39.3 Å². The average Bonchev–Trinajstić information content (AvgIpc) is 3.04. The fraction of sp³-hybridized carbons (Fsp3) is 0.941. The van der Waals surface area contributed by atoms with Crippen molar-refractivity contribution in [1.82, 2.24) is 9.80 Å². The van der Waals surface area contributed by atoms with E-state index in [9.17, 15) is 4.79 Å². The second-order valence-corrected chi connectivity index (χ2v) is 8.00. The number of likely N-dealkylation sites (tertiary alicyclic amines) is 1. The number of fused-ring (bicyclic) bond motifs is 1. The lowest BCUT2D eigenvalue weighted by atomic mass is 9.73. The van der Waals surface area contributed by atoms with E-state index in [0.717, 1.165) is 32.5 Å². The Morgan fingerprint density at radius 3 is 2.86 bits per heavy atom. The summed E-state index contributed by atoms with van der Waals surface area (Å²) in [5.41, 5.74) is -0.00116. The minimum Gasteiger partial charge on any atom is -0.369 e. The van der Waals surface area contributed by atoms with Gasteiger partial charge in [0.15, 0.2) is 0 Å². The molecule has 0 aromatic heterocycles. The van der Waals surface area contributed by atoms with Gasteiger partial charge in [0, 0.05) is 31.3 Å². The monoisotopic (exact) mass is 294 g/mol. The van der Waals surface area contributed by atoms with E-state index >= 15 is 0 Å². The summed E-state index contributed by atoms with van der Waals surface area (Å²) in [4.78, 5) is 16.8. The van der Waals surface area contributed by atoms with Crippen molar-refractivity contribution in [2.75, 3.05) is 33.7 Å².